The summed E-state index contributed by atoms with van der Waals surface area (Å²) in [5.41, 5.74) is 0. The zero-order valence-electron chi connectivity index (χ0n) is 34.3. The molecule has 0 bridgehead atoms. The van der Waals surface area contributed by atoms with E-state index in [1.165, 1.54) is 244 Å². The Morgan fingerprint density at radius 3 is 0.760 bits per heavy atom. The van der Waals surface area contributed by atoms with Gasteiger partial charge in [0.05, 0.1) is 6.61 Å². The van der Waals surface area contributed by atoms with Crippen LogP contribution in [0.25, 0.3) is 0 Å². The summed E-state index contributed by atoms with van der Waals surface area (Å²) in [7, 11) is -4.28. The van der Waals surface area contributed by atoms with Gasteiger partial charge in [-0.05, 0) is 45.3 Å². The highest BCUT2D eigenvalue weighted by Crippen LogP contribution is 2.35. The number of hydrogen-bond donors (Lipinski definition) is 2. The molecule has 0 aliphatic heterocycles. The molecule has 0 aromatic rings. The zero-order chi connectivity index (χ0) is 36.5. The highest BCUT2D eigenvalue weighted by molar-refractivity contribution is 7.46. The summed E-state index contributed by atoms with van der Waals surface area (Å²) >= 11 is 0. The fourth-order valence-corrected chi connectivity index (χ4v) is 7.80. The van der Waals surface area contributed by atoms with Gasteiger partial charge in [0.15, 0.2) is 0 Å². The third kappa shape index (κ3) is 44.2. The average molecular weight is 730 g/mol. The van der Waals surface area contributed by atoms with Gasteiger partial charge in [-0.2, -0.15) is 0 Å². The van der Waals surface area contributed by atoms with E-state index in [-0.39, 0.29) is 6.61 Å². The molecule has 0 saturated heterocycles. The van der Waals surface area contributed by atoms with Gasteiger partial charge in [0.2, 0.25) is 0 Å². The fraction of sp³-hybridized carbons (Fsp3) is 1.00. The molecular formula is C44H92NO4P. The van der Waals surface area contributed by atoms with Crippen molar-refractivity contribution in [3.05, 3.63) is 0 Å². The van der Waals surface area contributed by atoms with E-state index in [2.05, 4.69) is 23.3 Å². The van der Waals surface area contributed by atoms with E-state index >= 15 is 0 Å². The summed E-state index contributed by atoms with van der Waals surface area (Å²) in [6.45, 7) is 8.78. The van der Waals surface area contributed by atoms with Crippen molar-refractivity contribution in [2.24, 2.45) is 0 Å². The van der Waals surface area contributed by atoms with Crippen molar-refractivity contribution in [1.82, 2.24) is 4.90 Å². The van der Waals surface area contributed by atoms with Crippen LogP contribution in [0.2, 0.25) is 0 Å². The minimum Gasteiger partial charge on any atom is -0.303 e. The van der Waals surface area contributed by atoms with Crippen molar-refractivity contribution in [1.29, 1.82) is 0 Å². The Morgan fingerprint density at radius 1 is 0.340 bits per heavy atom. The minimum absolute atomic E-state index is 0.168. The van der Waals surface area contributed by atoms with E-state index in [0.29, 0.717) is 0 Å². The topological polar surface area (TPSA) is 70.0 Å². The van der Waals surface area contributed by atoms with Gasteiger partial charge < -0.3 is 14.7 Å². The zero-order valence-corrected chi connectivity index (χ0v) is 35.2. The SMILES string of the molecule is CCCCCCCCCCCCCCN(CCCCCCCCCCCCCC)CCCCCCCCCCCCCCCCOP(=O)(O)O. The van der Waals surface area contributed by atoms with Gasteiger partial charge in [-0.3, -0.25) is 4.52 Å². The number of phosphoric ester groups is 1. The number of unbranched alkanes of at least 4 members (excludes halogenated alkanes) is 35. The Labute approximate surface area is 314 Å². The Balaban J connectivity index is 3.89. The summed E-state index contributed by atoms with van der Waals surface area (Å²) < 4.78 is 15.2. The molecule has 0 fully saturated rings. The first-order valence-corrected chi connectivity index (χ1v) is 24.4. The van der Waals surface area contributed by atoms with Gasteiger partial charge in [-0.15, -0.1) is 0 Å². The molecule has 6 heteroatoms. The molecule has 0 saturated carbocycles. The number of hydrogen-bond acceptors (Lipinski definition) is 3. The summed E-state index contributed by atoms with van der Waals surface area (Å²) in [5, 5.41) is 0. The highest BCUT2D eigenvalue weighted by Gasteiger charge is 2.12. The predicted octanol–water partition coefficient (Wildman–Crippen LogP) is 15.3. The molecule has 0 aromatic carbocycles. The Bertz CT molecular complexity index is 644. The molecule has 0 amide bonds. The van der Waals surface area contributed by atoms with Gasteiger partial charge >= 0.3 is 7.82 Å². The molecule has 0 spiro atoms. The first-order chi connectivity index (χ1) is 24.5. The predicted molar refractivity (Wildman–Crippen MR) is 221 cm³/mol. The maximum Gasteiger partial charge on any atom is 0.469 e. The number of phosphoric acid groups is 1. The maximum absolute atomic E-state index is 10.7. The van der Waals surface area contributed by atoms with Crippen molar-refractivity contribution in [2.45, 2.75) is 258 Å². The van der Waals surface area contributed by atoms with E-state index in [1.807, 2.05) is 0 Å². The third-order valence-electron chi connectivity index (χ3n) is 10.8. The largest absolute Gasteiger partial charge is 0.469 e. The molecule has 0 aliphatic carbocycles. The molecular weight excluding hydrogens is 637 g/mol. The molecule has 0 unspecified atom stereocenters. The lowest BCUT2D eigenvalue weighted by Crippen LogP contribution is -2.27. The second-order valence-electron chi connectivity index (χ2n) is 15.9. The monoisotopic (exact) mass is 730 g/mol. The molecule has 50 heavy (non-hydrogen) atoms. The summed E-state index contributed by atoms with van der Waals surface area (Å²) in [5.74, 6) is 0. The van der Waals surface area contributed by atoms with Crippen molar-refractivity contribution in [2.75, 3.05) is 26.2 Å². The fourth-order valence-electron chi connectivity index (χ4n) is 7.43. The summed E-state index contributed by atoms with van der Waals surface area (Å²) in [6, 6.07) is 0. The van der Waals surface area contributed by atoms with E-state index in [0.717, 1.165) is 19.3 Å². The smallest absolute Gasteiger partial charge is 0.303 e. The number of rotatable bonds is 44. The second kappa shape index (κ2) is 41.8. The van der Waals surface area contributed by atoms with Crippen LogP contribution in [0.15, 0.2) is 0 Å². The first kappa shape index (κ1) is 50.1. The van der Waals surface area contributed by atoms with Crippen LogP contribution in [-0.4, -0.2) is 40.9 Å². The average Bonchev–Trinajstić information content (AvgIpc) is 3.09. The molecule has 5 nitrogen and oxygen atoms in total. The van der Waals surface area contributed by atoms with Gasteiger partial charge in [-0.1, -0.05) is 232 Å². The van der Waals surface area contributed by atoms with Crippen LogP contribution in [0.5, 0.6) is 0 Å². The van der Waals surface area contributed by atoms with Crippen molar-refractivity contribution >= 4 is 7.82 Å². The molecule has 302 valence electrons. The van der Waals surface area contributed by atoms with Crippen LogP contribution in [0.4, 0.5) is 0 Å². The van der Waals surface area contributed by atoms with Gasteiger partial charge in [0.25, 0.3) is 0 Å². The third-order valence-corrected chi connectivity index (χ3v) is 11.3. The maximum atomic E-state index is 10.7. The van der Waals surface area contributed by atoms with E-state index < -0.39 is 7.82 Å². The van der Waals surface area contributed by atoms with Gasteiger partial charge in [0.1, 0.15) is 0 Å². The molecule has 2 N–H and O–H groups in total. The van der Waals surface area contributed by atoms with Crippen LogP contribution < -0.4 is 0 Å². The van der Waals surface area contributed by atoms with Crippen molar-refractivity contribution in [3.63, 3.8) is 0 Å². The molecule has 0 aliphatic rings. The van der Waals surface area contributed by atoms with Crippen LogP contribution in [0, 0.1) is 0 Å². The molecule has 0 aromatic heterocycles. The van der Waals surface area contributed by atoms with Crippen molar-refractivity contribution < 1.29 is 18.9 Å². The van der Waals surface area contributed by atoms with E-state index in [9.17, 15) is 4.57 Å². The van der Waals surface area contributed by atoms with Crippen molar-refractivity contribution in [3.8, 4) is 0 Å². The highest BCUT2D eigenvalue weighted by atomic mass is 31.2. The summed E-state index contributed by atoms with van der Waals surface area (Å²) in [6.07, 6.45) is 52.4. The van der Waals surface area contributed by atoms with E-state index in [4.69, 9.17) is 9.79 Å². The molecule has 0 atom stereocenters. The molecule has 0 heterocycles. The Morgan fingerprint density at radius 2 is 0.540 bits per heavy atom. The van der Waals surface area contributed by atoms with Gasteiger partial charge in [-0.25, -0.2) is 4.57 Å². The summed E-state index contributed by atoms with van der Waals surface area (Å²) in [4.78, 5) is 20.2. The van der Waals surface area contributed by atoms with Crippen LogP contribution in [0.3, 0.4) is 0 Å². The van der Waals surface area contributed by atoms with Crippen LogP contribution in [0.1, 0.15) is 258 Å². The molecule has 0 radical (unpaired) electrons. The lowest BCUT2D eigenvalue weighted by Gasteiger charge is -2.22. The van der Waals surface area contributed by atoms with Gasteiger partial charge in [0, 0.05) is 0 Å². The lowest BCUT2D eigenvalue weighted by atomic mass is 10.0. The number of nitrogens with zero attached hydrogens (tertiary/aromatic N) is 1. The lowest BCUT2D eigenvalue weighted by molar-refractivity contribution is 0.193. The second-order valence-corrected chi connectivity index (χ2v) is 17.1. The quantitative estimate of drug-likeness (QED) is 0.0483. The molecule has 0 rings (SSSR count). The Kier molecular flexibility index (Phi) is 41.9. The first-order valence-electron chi connectivity index (χ1n) is 22.9. The standard InChI is InChI=1S/C44H92NO4P/c1-3-5-7-9-11-13-15-21-25-29-33-37-41-45(42-38-34-30-26-22-16-14-12-10-8-6-4-2)43-39-35-31-27-23-19-17-18-20-24-28-32-36-40-44-49-50(46,47)48/h3-44H2,1-2H3,(H2,46,47,48). The normalized spacial score (nSPS) is 12.1. The Hall–Kier alpha value is 0.0700. The minimum atomic E-state index is -4.28. The van der Waals surface area contributed by atoms with Crippen LogP contribution >= 0.6 is 7.82 Å². The van der Waals surface area contributed by atoms with Crippen LogP contribution in [-0.2, 0) is 9.09 Å². The van der Waals surface area contributed by atoms with E-state index in [1.54, 1.807) is 0 Å².